The second kappa shape index (κ2) is 7.54. The first kappa shape index (κ1) is 17.6. The van der Waals surface area contributed by atoms with E-state index in [1.54, 1.807) is 0 Å². The first-order valence-corrected chi connectivity index (χ1v) is 7.01. The molecule has 21 heavy (non-hydrogen) atoms. The molecule has 0 saturated carbocycles. The van der Waals surface area contributed by atoms with Gasteiger partial charge < -0.3 is 10.6 Å². The second-order valence-electron chi connectivity index (χ2n) is 4.75. The highest BCUT2D eigenvalue weighted by Gasteiger charge is 2.33. The van der Waals surface area contributed by atoms with E-state index in [0.717, 1.165) is 12.5 Å². The first-order chi connectivity index (χ1) is 9.74. The summed E-state index contributed by atoms with van der Waals surface area (Å²) in [7, 11) is 0. The van der Waals surface area contributed by atoms with Crippen molar-refractivity contribution in [1.29, 1.82) is 0 Å². The van der Waals surface area contributed by atoms with Crippen molar-refractivity contribution < 1.29 is 18.0 Å². The molecule has 1 amide bonds. The van der Waals surface area contributed by atoms with Crippen LogP contribution in [-0.4, -0.2) is 18.5 Å². The van der Waals surface area contributed by atoms with Gasteiger partial charge in [0, 0.05) is 24.7 Å². The predicted molar refractivity (Wildman–Crippen MR) is 77.5 cm³/mol. The molecule has 0 aliphatic rings. The fraction of sp³-hybridized carbons (Fsp3) is 0.500. The van der Waals surface area contributed by atoms with Crippen molar-refractivity contribution in [3.05, 3.63) is 28.8 Å². The van der Waals surface area contributed by atoms with Gasteiger partial charge in [0.1, 0.15) is 0 Å². The summed E-state index contributed by atoms with van der Waals surface area (Å²) in [5.74, 6) is -0.137. The van der Waals surface area contributed by atoms with E-state index in [4.69, 9.17) is 11.6 Å². The molecule has 1 aromatic carbocycles. The van der Waals surface area contributed by atoms with Gasteiger partial charge >= 0.3 is 6.18 Å². The summed E-state index contributed by atoms with van der Waals surface area (Å²) in [6.45, 7) is 4.09. The number of amides is 1. The van der Waals surface area contributed by atoms with Crippen LogP contribution in [0.5, 0.6) is 0 Å². The molecule has 2 N–H and O–H groups in total. The highest BCUT2D eigenvalue weighted by atomic mass is 35.5. The van der Waals surface area contributed by atoms with E-state index in [1.807, 2.05) is 13.8 Å². The molecule has 1 atom stereocenters. The minimum Gasteiger partial charge on any atom is -0.385 e. The zero-order valence-corrected chi connectivity index (χ0v) is 12.6. The molecule has 0 spiro atoms. The third kappa shape index (κ3) is 5.83. The van der Waals surface area contributed by atoms with E-state index in [1.165, 1.54) is 12.1 Å². The van der Waals surface area contributed by atoms with Crippen molar-refractivity contribution in [2.45, 2.75) is 38.9 Å². The van der Waals surface area contributed by atoms with Crippen LogP contribution in [0.2, 0.25) is 5.02 Å². The molecule has 0 saturated heterocycles. The summed E-state index contributed by atoms with van der Waals surface area (Å²) < 4.78 is 38.1. The van der Waals surface area contributed by atoms with Gasteiger partial charge in [-0.25, -0.2) is 0 Å². The van der Waals surface area contributed by atoms with Crippen molar-refractivity contribution in [2.75, 3.05) is 11.9 Å². The van der Waals surface area contributed by atoms with Crippen LogP contribution in [-0.2, 0) is 11.0 Å². The standard InChI is InChI=1S/C14H18ClF3N2O/c1-3-9(2)20-13(21)6-7-19-10-4-5-12(15)11(8-10)14(16,17)18/h4-5,8-9,19H,3,6-7H2,1-2H3,(H,20,21). The molecule has 0 fully saturated rings. The van der Waals surface area contributed by atoms with E-state index >= 15 is 0 Å². The van der Waals surface area contributed by atoms with Crippen molar-refractivity contribution in [1.82, 2.24) is 5.32 Å². The predicted octanol–water partition coefficient (Wildman–Crippen LogP) is 4.08. The summed E-state index contributed by atoms with van der Waals surface area (Å²) in [6, 6.07) is 3.66. The Balaban J connectivity index is 2.55. The lowest BCUT2D eigenvalue weighted by molar-refractivity contribution is -0.137. The van der Waals surface area contributed by atoms with E-state index in [0.29, 0.717) is 0 Å². The summed E-state index contributed by atoms with van der Waals surface area (Å²) >= 11 is 5.53. The molecule has 1 aromatic rings. The van der Waals surface area contributed by atoms with Gasteiger partial charge in [0.15, 0.2) is 0 Å². The average Bonchev–Trinajstić information content (AvgIpc) is 2.39. The number of rotatable bonds is 6. The fourth-order valence-corrected chi connectivity index (χ4v) is 1.85. The van der Waals surface area contributed by atoms with Crippen molar-refractivity contribution in [3.63, 3.8) is 0 Å². The molecule has 1 rings (SSSR count). The molecule has 1 unspecified atom stereocenters. The van der Waals surface area contributed by atoms with Crippen molar-refractivity contribution in [2.24, 2.45) is 0 Å². The zero-order chi connectivity index (χ0) is 16.0. The highest BCUT2D eigenvalue weighted by Crippen LogP contribution is 2.36. The largest absolute Gasteiger partial charge is 0.417 e. The summed E-state index contributed by atoms with van der Waals surface area (Å²) in [6.07, 6.45) is -3.48. The topological polar surface area (TPSA) is 41.1 Å². The number of carbonyl (C=O) groups is 1. The summed E-state index contributed by atoms with van der Waals surface area (Å²) in [5.41, 5.74) is -0.610. The lowest BCUT2D eigenvalue weighted by Gasteiger charge is -2.13. The molecule has 0 aromatic heterocycles. The van der Waals surface area contributed by atoms with Crippen LogP contribution in [0.1, 0.15) is 32.3 Å². The number of alkyl halides is 3. The van der Waals surface area contributed by atoms with E-state index < -0.39 is 11.7 Å². The Morgan fingerprint density at radius 2 is 2.05 bits per heavy atom. The maximum absolute atomic E-state index is 12.7. The fourth-order valence-electron chi connectivity index (χ4n) is 1.62. The highest BCUT2D eigenvalue weighted by molar-refractivity contribution is 6.31. The van der Waals surface area contributed by atoms with Gasteiger partial charge in [0.25, 0.3) is 0 Å². The number of hydrogen-bond donors (Lipinski definition) is 2. The van der Waals surface area contributed by atoms with Gasteiger partial charge in [-0.05, 0) is 31.5 Å². The quantitative estimate of drug-likeness (QED) is 0.828. The number of halogens is 4. The zero-order valence-electron chi connectivity index (χ0n) is 11.9. The molecule has 0 heterocycles. The van der Waals surface area contributed by atoms with Crippen molar-refractivity contribution in [3.8, 4) is 0 Å². The maximum atomic E-state index is 12.7. The maximum Gasteiger partial charge on any atom is 0.417 e. The van der Waals surface area contributed by atoms with E-state index in [-0.39, 0.29) is 35.6 Å². The molecule has 0 aliphatic heterocycles. The molecule has 0 radical (unpaired) electrons. The summed E-state index contributed by atoms with van der Waals surface area (Å²) in [5, 5.41) is 5.22. The van der Waals surface area contributed by atoms with Gasteiger partial charge in [0.2, 0.25) is 5.91 Å². The van der Waals surface area contributed by atoms with E-state index in [9.17, 15) is 18.0 Å². The SMILES string of the molecule is CCC(C)NC(=O)CCNc1ccc(Cl)c(C(F)(F)F)c1. The van der Waals surface area contributed by atoms with E-state index in [2.05, 4.69) is 10.6 Å². The minimum atomic E-state index is -4.50. The first-order valence-electron chi connectivity index (χ1n) is 6.64. The van der Waals surface area contributed by atoms with Crippen LogP contribution in [0.25, 0.3) is 0 Å². The van der Waals surface area contributed by atoms with Gasteiger partial charge in [-0.3, -0.25) is 4.79 Å². The van der Waals surface area contributed by atoms with Crippen LogP contribution in [0.3, 0.4) is 0 Å². The van der Waals surface area contributed by atoms with Crippen LogP contribution < -0.4 is 10.6 Å². The molecular formula is C14H18ClF3N2O. The molecule has 0 aliphatic carbocycles. The number of nitrogens with one attached hydrogen (secondary N) is 2. The number of anilines is 1. The normalized spacial score (nSPS) is 12.9. The van der Waals surface area contributed by atoms with Gasteiger partial charge in [0.05, 0.1) is 10.6 Å². The van der Waals surface area contributed by atoms with Crippen LogP contribution in [0.4, 0.5) is 18.9 Å². The Hall–Kier alpha value is -1.43. The van der Waals surface area contributed by atoms with Crippen LogP contribution in [0.15, 0.2) is 18.2 Å². The van der Waals surface area contributed by atoms with Crippen LogP contribution >= 0.6 is 11.6 Å². The number of carbonyl (C=O) groups excluding carboxylic acids is 1. The summed E-state index contributed by atoms with van der Waals surface area (Å²) in [4.78, 5) is 11.5. The average molecular weight is 323 g/mol. The molecule has 0 bridgehead atoms. The van der Waals surface area contributed by atoms with Crippen molar-refractivity contribution >= 4 is 23.2 Å². The van der Waals surface area contributed by atoms with Gasteiger partial charge in [-0.2, -0.15) is 13.2 Å². The van der Waals surface area contributed by atoms with Gasteiger partial charge in [-0.15, -0.1) is 0 Å². The molecular weight excluding hydrogens is 305 g/mol. The minimum absolute atomic E-state index is 0.0878. The monoisotopic (exact) mass is 322 g/mol. The molecule has 3 nitrogen and oxygen atoms in total. The number of benzene rings is 1. The lowest BCUT2D eigenvalue weighted by atomic mass is 10.2. The van der Waals surface area contributed by atoms with Gasteiger partial charge in [-0.1, -0.05) is 18.5 Å². The lowest BCUT2D eigenvalue weighted by Crippen LogP contribution is -2.32. The second-order valence-corrected chi connectivity index (χ2v) is 5.15. The molecule has 7 heteroatoms. The Morgan fingerprint density at radius 3 is 2.62 bits per heavy atom. The molecule has 118 valence electrons. The third-order valence-corrected chi connectivity index (χ3v) is 3.30. The number of hydrogen-bond acceptors (Lipinski definition) is 2. The Kier molecular flexibility index (Phi) is 6.33. The Morgan fingerprint density at radius 1 is 1.38 bits per heavy atom. The Bertz CT molecular complexity index is 492. The smallest absolute Gasteiger partial charge is 0.385 e. The third-order valence-electron chi connectivity index (χ3n) is 2.97. The Labute approximate surface area is 126 Å². The van der Waals surface area contributed by atoms with Crippen LogP contribution in [0, 0.1) is 0 Å².